The van der Waals surface area contributed by atoms with Gasteiger partial charge in [0.05, 0.1) is 18.2 Å². The highest BCUT2D eigenvalue weighted by molar-refractivity contribution is 5.95. The third-order valence-corrected chi connectivity index (χ3v) is 8.15. The predicted octanol–water partition coefficient (Wildman–Crippen LogP) is 4.18. The van der Waals surface area contributed by atoms with Crippen LogP contribution in [-0.2, 0) is 9.53 Å². The first-order chi connectivity index (χ1) is 16.9. The second-order valence-electron chi connectivity index (χ2n) is 10.2. The van der Waals surface area contributed by atoms with Crippen LogP contribution in [0.2, 0.25) is 0 Å². The van der Waals surface area contributed by atoms with Crippen molar-refractivity contribution in [2.45, 2.75) is 56.3 Å². The summed E-state index contributed by atoms with van der Waals surface area (Å²) < 4.78 is 23.9. The van der Waals surface area contributed by atoms with E-state index < -0.39 is 17.1 Å². The van der Waals surface area contributed by atoms with Crippen LogP contribution >= 0.6 is 0 Å². The number of para-hydroxylation sites is 1. The monoisotopic (exact) mass is 479 g/mol. The highest BCUT2D eigenvalue weighted by Crippen LogP contribution is 2.55. The standard InChI is InChI=1S/C27H29NO7/c1-26(11-9-23(29)30)19-14-27(15-32-24(19)18-5-2-3-6-20(18)35-26)10-4-12-28(27)25(31)17-7-8-21-22(13-17)34-16-33-21/h2-3,5-8,13,19,24H,4,9-12,14-16H2,1H3,(H,29,30)/t19-,24+,26+,27+/m1/s1. The van der Waals surface area contributed by atoms with Crippen LogP contribution in [0.25, 0.3) is 0 Å². The molecule has 4 aliphatic heterocycles. The lowest BCUT2D eigenvalue weighted by atomic mass is 9.68. The van der Waals surface area contributed by atoms with Crippen molar-refractivity contribution in [3.05, 3.63) is 53.6 Å². The van der Waals surface area contributed by atoms with E-state index in [9.17, 15) is 14.7 Å². The lowest BCUT2D eigenvalue weighted by Crippen LogP contribution is -2.60. The topological polar surface area (TPSA) is 94.5 Å². The molecule has 0 aromatic heterocycles. The average molecular weight is 480 g/mol. The molecule has 1 amide bonds. The van der Waals surface area contributed by atoms with Gasteiger partial charge in [0, 0.05) is 30.0 Å². The number of nitrogens with zero attached hydrogens (tertiary/aromatic N) is 1. The molecule has 0 aliphatic carbocycles. The van der Waals surface area contributed by atoms with Crippen LogP contribution < -0.4 is 14.2 Å². The molecule has 0 saturated carbocycles. The second kappa shape index (κ2) is 8.16. The third kappa shape index (κ3) is 3.62. The maximum absolute atomic E-state index is 13.7. The Balaban J connectivity index is 1.32. The number of carboxylic acid groups (broad SMARTS) is 1. The largest absolute Gasteiger partial charge is 0.487 e. The molecular formula is C27H29NO7. The number of carbonyl (C=O) groups is 2. The number of ether oxygens (including phenoxy) is 4. The van der Waals surface area contributed by atoms with Crippen molar-refractivity contribution in [3.63, 3.8) is 0 Å². The Morgan fingerprint density at radius 2 is 1.94 bits per heavy atom. The van der Waals surface area contributed by atoms with Crippen molar-refractivity contribution in [1.29, 1.82) is 0 Å². The smallest absolute Gasteiger partial charge is 0.303 e. The minimum Gasteiger partial charge on any atom is -0.487 e. The summed E-state index contributed by atoms with van der Waals surface area (Å²) in [6.07, 6.45) is 2.59. The number of carbonyl (C=O) groups excluding carboxylic acids is 1. The van der Waals surface area contributed by atoms with Crippen LogP contribution in [0.1, 0.15) is 61.1 Å². The zero-order valence-corrected chi connectivity index (χ0v) is 19.7. The quantitative estimate of drug-likeness (QED) is 0.703. The summed E-state index contributed by atoms with van der Waals surface area (Å²) in [6.45, 7) is 3.24. The van der Waals surface area contributed by atoms with Gasteiger partial charge in [0.25, 0.3) is 5.91 Å². The van der Waals surface area contributed by atoms with E-state index >= 15 is 0 Å². The molecule has 2 aromatic carbocycles. The van der Waals surface area contributed by atoms with Gasteiger partial charge in [0.1, 0.15) is 11.4 Å². The first-order valence-corrected chi connectivity index (χ1v) is 12.2. The van der Waals surface area contributed by atoms with Crippen molar-refractivity contribution < 1.29 is 33.6 Å². The molecule has 4 aliphatic rings. The average Bonchev–Trinajstić information content (AvgIpc) is 3.49. The maximum atomic E-state index is 13.7. The number of hydrogen-bond donors (Lipinski definition) is 1. The number of aliphatic carboxylic acids is 1. The summed E-state index contributed by atoms with van der Waals surface area (Å²) in [4.78, 5) is 27.1. The highest BCUT2D eigenvalue weighted by atomic mass is 16.7. The number of likely N-dealkylation sites (tertiary alicyclic amines) is 1. The van der Waals surface area contributed by atoms with Crippen molar-refractivity contribution in [2.75, 3.05) is 19.9 Å². The molecule has 184 valence electrons. The van der Waals surface area contributed by atoms with E-state index in [0.29, 0.717) is 43.1 Å². The fourth-order valence-corrected chi connectivity index (χ4v) is 6.31. The number of benzene rings is 2. The maximum Gasteiger partial charge on any atom is 0.303 e. The molecule has 2 aromatic rings. The van der Waals surface area contributed by atoms with Crippen LogP contribution in [0, 0.1) is 5.92 Å². The van der Waals surface area contributed by atoms with Crippen molar-refractivity contribution in [1.82, 2.24) is 4.90 Å². The molecule has 8 nitrogen and oxygen atoms in total. The van der Waals surface area contributed by atoms with Gasteiger partial charge in [0.15, 0.2) is 11.5 Å². The Labute approximate surface area is 203 Å². The zero-order valence-electron chi connectivity index (χ0n) is 19.7. The van der Waals surface area contributed by atoms with E-state index in [-0.39, 0.29) is 31.1 Å². The van der Waals surface area contributed by atoms with E-state index in [0.717, 1.165) is 24.2 Å². The number of rotatable bonds is 4. The van der Waals surface area contributed by atoms with Crippen molar-refractivity contribution in [2.24, 2.45) is 5.92 Å². The van der Waals surface area contributed by atoms with Crippen LogP contribution in [0.3, 0.4) is 0 Å². The van der Waals surface area contributed by atoms with Gasteiger partial charge >= 0.3 is 5.97 Å². The van der Waals surface area contributed by atoms with Gasteiger partial charge in [-0.2, -0.15) is 0 Å². The van der Waals surface area contributed by atoms with Crippen LogP contribution in [0.4, 0.5) is 0 Å². The first-order valence-electron chi connectivity index (χ1n) is 12.2. The molecule has 2 fully saturated rings. The Kier molecular flexibility index (Phi) is 5.18. The fraction of sp³-hybridized carbons (Fsp3) is 0.481. The van der Waals surface area contributed by atoms with Gasteiger partial charge in [-0.25, -0.2) is 0 Å². The van der Waals surface area contributed by atoms with Gasteiger partial charge < -0.3 is 29.0 Å². The van der Waals surface area contributed by atoms with Crippen molar-refractivity contribution >= 4 is 11.9 Å². The Hall–Kier alpha value is -3.26. The highest BCUT2D eigenvalue weighted by Gasteiger charge is 2.57. The summed E-state index contributed by atoms with van der Waals surface area (Å²) in [5, 5.41) is 9.40. The van der Waals surface area contributed by atoms with Gasteiger partial charge in [0.2, 0.25) is 6.79 Å². The Bertz CT molecular complexity index is 1180. The van der Waals surface area contributed by atoms with Gasteiger partial charge in [-0.05, 0) is 56.9 Å². The van der Waals surface area contributed by atoms with E-state index in [4.69, 9.17) is 18.9 Å². The molecule has 4 atom stereocenters. The summed E-state index contributed by atoms with van der Waals surface area (Å²) in [6, 6.07) is 13.1. The molecule has 35 heavy (non-hydrogen) atoms. The van der Waals surface area contributed by atoms with Crippen LogP contribution in [-0.4, -0.2) is 53.0 Å². The molecule has 0 radical (unpaired) electrons. The minimum absolute atomic E-state index is 0.00866. The number of hydrogen-bond acceptors (Lipinski definition) is 6. The molecule has 0 unspecified atom stereocenters. The third-order valence-electron chi connectivity index (χ3n) is 8.15. The van der Waals surface area contributed by atoms with Gasteiger partial charge in [-0.3, -0.25) is 9.59 Å². The first kappa shape index (κ1) is 22.2. The lowest BCUT2D eigenvalue weighted by molar-refractivity contribution is -0.169. The van der Waals surface area contributed by atoms with E-state index in [2.05, 4.69) is 0 Å². The Morgan fingerprint density at radius 3 is 2.80 bits per heavy atom. The molecular weight excluding hydrogens is 450 g/mol. The molecule has 1 N–H and O–H groups in total. The predicted molar refractivity (Wildman–Crippen MR) is 125 cm³/mol. The normalized spacial score (nSPS) is 30.5. The fourth-order valence-electron chi connectivity index (χ4n) is 6.31. The molecule has 6 rings (SSSR count). The minimum atomic E-state index is -0.850. The van der Waals surface area contributed by atoms with Crippen LogP contribution in [0.15, 0.2) is 42.5 Å². The summed E-state index contributed by atoms with van der Waals surface area (Å²) in [5.74, 6) is 0.994. The summed E-state index contributed by atoms with van der Waals surface area (Å²) >= 11 is 0. The Morgan fingerprint density at radius 1 is 1.11 bits per heavy atom. The summed E-state index contributed by atoms with van der Waals surface area (Å²) in [5.41, 5.74) is 0.374. The van der Waals surface area contributed by atoms with E-state index in [1.807, 2.05) is 36.1 Å². The number of amides is 1. The number of fused-ring (bicyclic) bond motifs is 4. The molecule has 2 saturated heterocycles. The van der Waals surface area contributed by atoms with E-state index in [1.54, 1.807) is 18.2 Å². The SMILES string of the molecule is C[C@@]1(CCC(=O)O)Oc2ccccc2[C@@H]2OC[C@]3(CCCN3C(=O)c3ccc4c(c3)OCO4)C[C@H]21. The molecule has 4 heterocycles. The molecule has 0 bridgehead atoms. The second-order valence-corrected chi connectivity index (χ2v) is 10.2. The van der Waals surface area contributed by atoms with Gasteiger partial charge in [-0.1, -0.05) is 18.2 Å². The lowest BCUT2D eigenvalue weighted by Gasteiger charge is -2.54. The summed E-state index contributed by atoms with van der Waals surface area (Å²) in [7, 11) is 0. The van der Waals surface area contributed by atoms with Crippen LogP contribution in [0.5, 0.6) is 17.2 Å². The number of carboxylic acids is 1. The zero-order chi connectivity index (χ0) is 24.2. The van der Waals surface area contributed by atoms with Gasteiger partial charge in [-0.15, -0.1) is 0 Å². The van der Waals surface area contributed by atoms with E-state index in [1.165, 1.54) is 0 Å². The molecule has 1 spiro atoms. The van der Waals surface area contributed by atoms with Crippen molar-refractivity contribution in [3.8, 4) is 17.2 Å². The molecule has 8 heteroatoms.